The molecule has 0 amide bonds. The lowest BCUT2D eigenvalue weighted by atomic mass is 10.0. The summed E-state index contributed by atoms with van der Waals surface area (Å²) in [7, 11) is 3.63. The average Bonchev–Trinajstić information content (AvgIpc) is 2.25. The molecule has 1 rings (SSSR count). The molecule has 0 aliphatic carbocycles. The van der Waals surface area contributed by atoms with Crippen molar-refractivity contribution >= 4 is 5.78 Å². The Bertz CT molecular complexity index is 413. The quantitative estimate of drug-likeness (QED) is 0.810. The standard InChI is InChI=1S/C13H16F3NO/c1-17(2)8-7-11(18)9-10-5-3-4-6-12(10)13(14,15)16/h3-6H,7-9H2,1-2H3. The fraction of sp³-hybridized carbons (Fsp3) is 0.462. The van der Waals surface area contributed by atoms with Crippen LogP contribution in [0.25, 0.3) is 0 Å². The molecule has 0 atom stereocenters. The molecule has 0 bridgehead atoms. The van der Waals surface area contributed by atoms with Crippen LogP contribution in [-0.4, -0.2) is 31.3 Å². The van der Waals surface area contributed by atoms with Crippen molar-refractivity contribution in [2.24, 2.45) is 0 Å². The summed E-state index contributed by atoms with van der Waals surface area (Å²) in [6.45, 7) is 0.549. The topological polar surface area (TPSA) is 20.3 Å². The molecule has 0 aromatic heterocycles. The summed E-state index contributed by atoms with van der Waals surface area (Å²) in [5.41, 5.74) is -0.669. The van der Waals surface area contributed by atoms with Crippen molar-refractivity contribution in [2.45, 2.75) is 19.0 Å². The maximum absolute atomic E-state index is 12.7. The highest BCUT2D eigenvalue weighted by Crippen LogP contribution is 2.32. The van der Waals surface area contributed by atoms with Crippen molar-refractivity contribution in [3.63, 3.8) is 0 Å². The van der Waals surface area contributed by atoms with Gasteiger partial charge in [-0.1, -0.05) is 18.2 Å². The Morgan fingerprint density at radius 3 is 2.39 bits per heavy atom. The van der Waals surface area contributed by atoms with Crippen LogP contribution in [0.15, 0.2) is 24.3 Å². The van der Waals surface area contributed by atoms with Gasteiger partial charge in [0.25, 0.3) is 0 Å². The molecule has 0 saturated heterocycles. The predicted molar refractivity (Wildman–Crippen MR) is 63.3 cm³/mol. The van der Waals surface area contributed by atoms with Gasteiger partial charge < -0.3 is 4.90 Å². The molecule has 2 nitrogen and oxygen atoms in total. The van der Waals surface area contributed by atoms with E-state index in [-0.39, 0.29) is 24.2 Å². The Hall–Kier alpha value is -1.36. The van der Waals surface area contributed by atoms with E-state index < -0.39 is 11.7 Å². The summed E-state index contributed by atoms with van der Waals surface area (Å²) in [6.07, 6.45) is -4.30. The van der Waals surface area contributed by atoms with Gasteiger partial charge in [-0.2, -0.15) is 13.2 Å². The Morgan fingerprint density at radius 2 is 1.83 bits per heavy atom. The van der Waals surface area contributed by atoms with E-state index in [4.69, 9.17) is 0 Å². The second-order valence-corrected chi connectivity index (χ2v) is 4.42. The van der Waals surface area contributed by atoms with E-state index in [1.807, 2.05) is 19.0 Å². The highest BCUT2D eigenvalue weighted by Gasteiger charge is 2.33. The monoisotopic (exact) mass is 259 g/mol. The summed E-state index contributed by atoms with van der Waals surface area (Å²) >= 11 is 0. The molecule has 0 N–H and O–H groups in total. The molecule has 0 fully saturated rings. The second-order valence-electron chi connectivity index (χ2n) is 4.42. The molecule has 100 valence electrons. The van der Waals surface area contributed by atoms with Gasteiger partial charge in [0.15, 0.2) is 0 Å². The van der Waals surface area contributed by atoms with E-state index in [1.165, 1.54) is 18.2 Å². The molecule has 0 spiro atoms. The van der Waals surface area contributed by atoms with Crippen molar-refractivity contribution in [3.05, 3.63) is 35.4 Å². The number of carbonyl (C=O) groups is 1. The molecule has 0 saturated carbocycles. The number of nitrogens with zero attached hydrogens (tertiary/aromatic N) is 1. The number of carbonyl (C=O) groups excluding carboxylic acids is 1. The minimum absolute atomic E-state index is 0.0498. The van der Waals surface area contributed by atoms with Gasteiger partial charge in [0.05, 0.1) is 5.56 Å². The SMILES string of the molecule is CN(C)CCC(=O)Cc1ccccc1C(F)(F)F. The van der Waals surface area contributed by atoms with Crippen LogP contribution >= 0.6 is 0 Å². The predicted octanol–water partition coefficient (Wildman–Crippen LogP) is 2.77. The lowest BCUT2D eigenvalue weighted by Crippen LogP contribution is -2.18. The van der Waals surface area contributed by atoms with Gasteiger partial charge in [0, 0.05) is 19.4 Å². The number of benzene rings is 1. The van der Waals surface area contributed by atoms with Gasteiger partial charge in [-0.25, -0.2) is 0 Å². The van der Waals surface area contributed by atoms with Crippen LogP contribution in [0.3, 0.4) is 0 Å². The van der Waals surface area contributed by atoms with Crippen LogP contribution in [0.5, 0.6) is 0 Å². The molecular formula is C13H16F3NO. The van der Waals surface area contributed by atoms with E-state index in [2.05, 4.69) is 0 Å². The molecule has 1 aromatic rings. The largest absolute Gasteiger partial charge is 0.416 e. The lowest BCUT2D eigenvalue weighted by molar-refractivity contribution is -0.138. The van der Waals surface area contributed by atoms with Crippen LogP contribution in [0, 0.1) is 0 Å². The van der Waals surface area contributed by atoms with E-state index in [9.17, 15) is 18.0 Å². The highest BCUT2D eigenvalue weighted by molar-refractivity contribution is 5.81. The Labute approximate surface area is 104 Å². The fourth-order valence-corrected chi connectivity index (χ4v) is 1.60. The molecule has 18 heavy (non-hydrogen) atoms. The first kappa shape index (κ1) is 14.7. The second kappa shape index (κ2) is 6.00. The number of rotatable bonds is 5. The van der Waals surface area contributed by atoms with E-state index in [0.717, 1.165) is 6.07 Å². The molecule has 0 aliphatic rings. The van der Waals surface area contributed by atoms with Gasteiger partial charge in [-0.15, -0.1) is 0 Å². The van der Waals surface area contributed by atoms with E-state index >= 15 is 0 Å². The molecule has 5 heteroatoms. The van der Waals surface area contributed by atoms with Crippen LogP contribution in [0.4, 0.5) is 13.2 Å². The van der Waals surface area contributed by atoms with Crippen molar-refractivity contribution < 1.29 is 18.0 Å². The molecule has 1 aromatic carbocycles. The highest BCUT2D eigenvalue weighted by atomic mass is 19.4. The minimum atomic E-state index is -4.40. The van der Waals surface area contributed by atoms with E-state index in [1.54, 1.807) is 0 Å². The molecule has 0 heterocycles. The molecule has 0 aliphatic heterocycles. The van der Waals surface area contributed by atoms with Crippen molar-refractivity contribution in [2.75, 3.05) is 20.6 Å². The third-order valence-electron chi connectivity index (χ3n) is 2.55. The summed E-state index contributed by atoms with van der Waals surface area (Å²) in [5.74, 6) is -0.180. The van der Waals surface area contributed by atoms with Crippen LogP contribution in [0.1, 0.15) is 17.5 Å². The summed E-state index contributed by atoms with van der Waals surface area (Å²) in [4.78, 5) is 13.4. The number of hydrogen-bond acceptors (Lipinski definition) is 2. The molecular weight excluding hydrogens is 243 g/mol. The first-order chi connectivity index (χ1) is 8.30. The van der Waals surface area contributed by atoms with Crippen LogP contribution in [-0.2, 0) is 17.4 Å². The number of halogens is 3. The fourth-order valence-electron chi connectivity index (χ4n) is 1.60. The molecule has 0 radical (unpaired) electrons. The van der Waals surface area contributed by atoms with Gasteiger partial charge in [0.2, 0.25) is 0 Å². The normalized spacial score (nSPS) is 11.9. The zero-order valence-corrected chi connectivity index (χ0v) is 10.4. The first-order valence-corrected chi connectivity index (χ1v) is 5.62. The first-order valence-electron chi connectivity index (χ1n) is 5.62. The molecule has 0 unspecified atom stereocenters. The Morgan fingerprint density at radius 1 is 1.22 bits per heavy atom. The lowest BCUT2D eigenvalue weighted by Gasteiger charge is -2.13. The summed E-state index contributed by atoms with van der Waals surface area (Å²) in [6, 6.07) is 5.21. The Kier molecular flexibility index (Phi) is 4.90. The van der Waals surface area contributed by atoms with Crippen molar-refractivity contribution in [3.8, 4) is 0 Å². The third kappa shape index (κ3) is 4.49. The maximum atomic E-state index is 12.7. The zero-order valence-electron chi connectivity index (χ0n) is 10.4. The summed E-state index contributed by atoms with van der Waals surface area (Å²) < 4.78 is 38.1. The minimum Gasteiger partial charge on any atom is -0.309 e. The van der Waals surface area contributed by atoms with Crippen molar-refractivity contribution in [1.82, 2.24) is 4.90 Å². The van der Waals surface area contributed by atoms with Crippen molar-refractivity contribution in [1.29, 1.82) is 0 Å². The van der Waals surface area contributed by atoms with Crippen LogP contribution < -0.4 is 0 Å². The summed E-state index contributed by atoms with van der Waals surface area (Å²) in [5, 5.41) is 0. The number of ketones is 1. The van der Waals surface area contributed by atoms with Crippen LogP contribution in [0.2, 0.25) is 0 Å². The zero-order chi connectivity index (χ0) is 13.8. The average molecular weight is 259 g/mol. The number of alkyl halides is 3. The van der Waals surface area contributed by atoms with Gasteiger partial charge >= 0.3 is 6.18 Å². The Balaban J connectivity index is 2.76. The number of hydrogen-bond donors (Lipinski definition) is 0. The third-order valence-corrected chi connectivity index (χ3v) is 2.55. The van der Waals surface area contributed by atoms with Gasteiger partial charge in [-0.3, -0.25) is 4.79 Å². The van der Waals surface area contributed by atoms with Gasteiger partial charge in [-0.05, 0) is 25.7 Å². The van der Waals surface area contributed by atoms with E-state index in [0.29, 0.717) is 6.54 Å². The smallest absolute Gasteiger partial charge is 0.309 e. The van der Waals surface area contributed by atoms with Gasteiger partial charge in [0.1, 0.15) is 5.78 Å². The maximum Gasteiger partial charge on any atom is 0.416 e. The number of Topliss-reactive ketones (excluding diaryl/α,β-unsaturated/α-hetero) is 1.